The fraction of sp³-hybridized carbons (Fsp3) is 0.400. The highest BCUT2D eigenvalue weighted by molar-refractivity contribution is 5.57. The minimum absolute atomic E-state index is 0.178. The molecule has 1 rings (SSSR count). The van der Waals surface area contributed by atoms with Crippen LogP contribution in [0.5, 0.6) is 0 Å². The van der Waals surface area contributed by atoms with Gasteiger partial charge in [-0.25, -0.2) is 8.78 Å². The maximum absolute atomic E-state index is 12.2. The lowest BCUT2D eigenvalue weighted by Crippen LogP contribution is -2.25. The predicted octanol–water partition coefficient (Wildman–Crippen LogP) is 1.79. The molecule has 0 amide bonds. The molecule has 0 unspecified atom stereocenters. The third kappa shape index (κ3) is 3.35. The van der Waals surface area contributed by atoms with Crippen LogP contribution in [0.1, 0.15) is 5.56 Å². The van der Waals surface area contributed by atoms with Crippen molar-refractivity contribution in [3.8, 4) is 0 Å². The van der Waals surface area contributed by atoms with E-state index in [0.717, 1.165) is 0 Å². The Kier molecular flexibility index (Phi) is 4.33. The highest BCUT2D eigenvalue weighted by Crippen LogP contribution is 2.25. The molecule has 1 N–H and O–H groups in total. The number of nitro benzene ring substituents is 1. The van der Waals surface area contributed by atoms with E-state index in [0.29, 0.717) is 5.69 Å². The molecule has 0 aliphatic carbocycles. The van der Waals surface area contributed by atoms with Crippen LogP contribution in [0, 0.1) is 10.1 Å². The van der Waals surface area contributed by atoms with Crippen LogP contribution in [0.25, 0.3) is 0 Å². The molecule has 0 spiro atoms. The SMILES string of the molecule is CN(CC(F)F)c1ccc([N+](=O)[O-])cc1CO. The fourth-order valence-electron chi connectivity index (χ4n) is 1.49. The van der Waals surface area contributed by atoms with Gasteiger partial charge in [0.25, 0.3) is 12.1 Å². The van der Waals surface area contributed by atoms with Crippen molar-refractivity contribution in [2.75, 3.05) is 18.5 Å². The fourth-order valence-corrected chi connectivity index (χ4v) is 1.49. The molecule has 0 radical (unpaired) electrons. The molecule has 0 heterocycles. The zero-order valence-corrected chi connectivity index (χ0v) is 9.14. The molecule has 0 aromatic heterocycles. The van der Waals surface area contributed by atoms with E-state index < -0.39 is 24.5 Å². The van der Waals surface area contributed by atoms with E-state index >= 15 is 0 Å². The third-order valence-electron chi connectivity index (χ3n) is 2.27. The smallest absolute Gasteiger partial charge is 0.269 e. The van der Waals surface area contributed by atoms with E-state index in [1.54, 1.807) is 0 Å². The van der Waals surface area contributed by atoms with E-state index in [4.69, 9.17) is 5.11 Å². The Bertz CT molecular complexity index is 413. The maximum atomic E-state index is 12.2. The number of aliphatic hydroxyl groups excluding tert-OH is 1. The van der Waals surface area contributed by atoms with Gasteiger partial charge in [0.05, 0.1) is 18.1 Å². The summed E-state index contributed by atoms with van der Waals surface area (Å²) in [5, 5.41) is 19.6. The number of anilines is 1. The number of alkyl halides is 2. The minimum Gasteiger partial charge on any atom is -0.392 e. The molecule has 17 heavy (non-hydrogen) atoms. The molecule has 0 saturated carbocycles. The molecule has 1 aromatic rings. The Morgan fingerprint density at radius 2 is 2.18 bits per heavy atom. The molecule has 0 aliphatic heterocycles. The van der Waals surface area contributed by atoms with Crippen LogP contribution in [0.15, 0.2) is 18.2 Å². The topological polar surface area (TPSA) is 66.6 Å². The molecule has 0 fully saturated rings. The number of hydrogen-bond donors (Lipinski definition) is 1. The van der Waals surface area contributed by atoms with Gasteiger partial charge in [-0.2, -0.15) is 0 Å². The van der Waals surface area contributed by atoms with Crippen LogP contribution in [0.4, 0.5) is 20.2 Å². The number of halogens is 2. The Balaban J connectivity index is 3.03. The standard InChI is InChI=1S/C10H12F2N2O3/c1-13(5-10(11)12)9-3-2-8(14(16)17)4-7(9)6-15/h2-4,10,15H,5-6H2,1H3. The Morgan fingerprint density at radius 3 is 2.65 bits per heavy atom. The largest absolute Gasteiger partial charge is 0.392 e. The average molecular weight is 246 g/mol. The van der Waals surface area contributed by atoms with Crippen LogP contribution < -0.4 is 4.90 Å². The molecule has 0 aliphatic rings. The summed E-state index contributed by atoms with van der Waals surface area (Å²) in [6.45, 7) is -0.935. The van der Waals surface area contributed by atoms with E-state index in [1.165, 1.54) is 30.1 Å². The van der Waals surface area contributed by atoms with Crippen molar-refractivity contribution < 1.29 is 18.8 Å². The number of aliphatic hydroxyl groups is 1. The van der Waals surface area contributed by atoms with E-state index in [1.807, 2.05) is 0 Å². The van der Waals surface area contributed by atoms with Crippen molar-refractivity contribution in [2.45, 2.75) is 13.0 Å². The summed E-state index contributed by atoms with van der Waals surface area (Å²) in [7, 11) is 1.44. The number of non-ortho nitro benzene ring substituents is 1. The first-order valence-electron chi connectivity index (χ1n) is 4.83. The molecule has 5 nitrogen and oxygen atoms in total. The van der Waals surface area contributed by atoms with Crippen molar-refractivity contribution >= 4 is 11.4 Å². The van der Waals surface area contributed by atoms with Gasteiger partial charge in [-0.05, 0) is 6.07 Å². The molecule has 0 saturated heterocycles. The first-order valence-corrected chi connectivity index (χ1v) is 4.83. The molecule has 0 bridgehead atoms. The van der Waals surface area contributed by atoms with E-state index in [9.17, 15) is 18.9 Å². The average Bonchev–Trinajstić information content (AvgIpc) is 2.27. The van der Waals surface area contributed by atoms with Crippen LogP contribution in [0.2, 0.25) is 0 Å². The number of nitro groups is 1. The van der Waals surface area contributed by atoms with Gasteiger partial charge in [0.2, 0.25) is 0 Å². The summed E-state index contributed by atoms with van der Waals surface area (Å²) >= 11 is 0. The van der Waals surface area contributed by atoms with Gasteiger partial charge in [0.15, 0.2) is 0 Å². The normalized spacial score (nSPS) is 10.6. The highest BCUT2D eigenvalue weighted by atomic mass is 19.3. The molecule has 7 heteroatoms. The summed E-state index contributed by atoms with van der Waals surface area (Å²) < 4.78 is 24.4. The van der Waals surface area contributed by atoms with Gasteiger partial charge in [-0.1, -0.05) is 0 Å². The quantitative estimate of drug-likeness (QED) is 0.635. The minimum atomic E-state index is -2.51. The highest BCUT2D eigenvalue weighted by Gasteiger charge is 2.15. The third-order valence-corrected chi connectivity index (χ3v) is 2.27. The number of hydrogen-bond acceptors (Lipinski definition) is 4. The second-order valence-electron chi connectivity index (χ2n) is 3.50. The summed E-state index contributed by atoms with van der Waals surface area (Å²) in [5.41, 5.74) is 0.434. The van der Waals surface area contributed by atoms with Crippen LogP contribution in [-0.2, 0) is 6.61 Å². The zero-order valence-electron chi connectivity index (χ0n) is 9.14. The maximum Gasteiger partial charge on any atom is 0.269 e. The molecular formula is C10H12F2N2O3. The molecule has 1 aromatic carbocycles. The predicted molar refractivity (Wildman–Crippen MR) is 58.3 cm³/mol. The second kappa shape index (κ2) is 5.53. The van der Waals surface area contributed by atoms with Gasteiger partial charge in [0, 0.05) is 30.4 Å². The van der Waals surface area contributed by atoms with Crippen molar-refractivity contribution in [1.82, 2.24) is 0 Å². The van der Waals surface area contributed by atoms with E-state index in [-0.39, 0.29) is 11.3 Å². The molecule has 0 atom stereocenters. The Labute approximate surface area is 96.4 Å². The summed E-state index contributed by atoms with van der Waals surface area (Å²) in [6.07, 6.45) is -2.51. The van der Waals surface area contributed by atoms with Crippen molar-refractivity contribution in [3.63, 3.8) is 0 Å². The lowest BCUT2D eigenvalue weighted by molar-refractivity contribution is -0.384. The molecular weight excluding hydrogens is 234 g/mol. The number of rotatable bonds is 5. The first kappa shape index (κ1) is 13.3. The van der Waals surface area contributed by atoms with Gasteiger partial charge >= 0.3 is 0 Å². The van der Waals surface area contributed by atoms with Crippen LogP contribution >= 0.6 is 0 Å². The number of nitrogens with zero attached hydrogens (tertiary/aromatic N) is 2. The van der Waals surface area contributed by atoms with Gasteiger partial charge < -0.3 is 10.0 Å². The van der Waals surface area contributed by atoms with Gasteiger partial charge in [-0.3, -0.25) is 10.1 Å². The van der Waals surface area contributed by atoms with Crippen LogP contribution in [0.3, 0.4) is 0 Å². The van der Waals surface area contributed by atoms with Gasteiger partial charge in [0.1, 0.15) is 0 Å². The summed E-state index contributed by atoms with van der Waals surface area (Å²) in [6, 6.07) is 3.75. The van der Waals surface area contributed by atoms with Crippen molar-refractivity contribution in [3.05, 3.63) is 33.9 Å². The first-order chi connectivity index (χ1) is 7.95. The van der Waals surface area contributed by atoms with Crippen LogP contribution in [-0.4, -0.2) is 30.0 Å². The summed E-state index contributed by atoms with van der Waals surface area (Å²) in [4.78, 5) is 11.2. The zero-order chi connectivity index (χ0) is 13.0. The number of benzene rings is 1. The second-order valence-corrected chi connectivity index (χ2v) is 3.50. The van der Waals surface area contributed by atoms with Gasteiger partial charge in [-0.15, -0.1) is 0 Å². The Morgan fingerprint density at radius 1 is 1.53 bits per heavy atom. The van der Waals surface area contributed by atoms with E-state index in [2.05, 4.69) is 0 Å². The monoisotopic (exact) mass is 246 g/mol. The lowest BCUT2D eigenvalue weighted by Gasteiger charge is -2.21. The van der Waals surface area contributed by atoms with Crippen molar-refractivity contribution in [1.29, 1.82) is 0 Å². The Hall–Kier alpha value is -1.76. The summed E-state index contributed by atoms with van der Waals surface area (Å²) in [5.74, 6) is 0. The lowest BCUT2D eigenvalue weighted by atomic mass is 10.1. The molecule has 94 valence electrons. The van der Waals surface area contributed by atoms with Crippen molar-refractivity contribution in [2.24, 2.45) is 0 Å².